The summed E-state index contributed by atoms with van der Waals surface area (Å²) in [6, 6.07) is 5.08. The maximum Gasteiger partial charge on any atom is 0.255 e. The van der Waals surface area contributed by atoms with E-state index in [1.807, 2.05) is 0 Å². The highest BCUT2D eigenvalue weighted by Crippen LogP contribution is 2.30. The highest BCUT2D eigenvalue weighted by Gasteiger charge is 2.16. The van der Waals surface area contributed by atoms with Crippen LogP contribution in [-0.4, -0.2) is 40.8 Å². The van der Waals surface area contributed by atoms with Gasteiger partial charge in [-0.15, -0.1) is 10.2 Å². The number of methoxy groups -OCH3 is 2. The minimum absolute atomic E-state index is 0.176. The summed E-state index contributed by atoms with van der Waals surface area (Å²) in [5.74, 6) is 0.973. The molecule has 19 heavy (non-hydrogen) atoms. The second kappa shape index (κ2) is 5.80. The van der Waals surface area contributed by atoms with E-state index >= 15 is 0 Å². The molecule has 1 heterocycles. The molecule has 0 bridgehead atoms. The average molecular weight is 263 g/mol. The van der Waals surface area contributed by atoms with Crippen molar-refractivity contribution >= 4 is 5.91 Å². The lowest BCUT2D eigenvalue weighted by Crippen LogP contribution is -2.24. The number of carbonyl (C=O) groups is 1. The van der Waals surface area contributed by atoms with Crippen molar-refractivity contribution in [3.05, 3.63) is 29.6 Å². The fourth-order valence-corrected chi connectivity index (χ4v) is 1.58. The van der Waals surface area contributed by atoms with E-state index < -0.39 is 0 Å². The Morgan fingerprint density at radius 3 is 2.84 bits per heavy atom. The van der Waals surface area contributed by atoms with E-state index in [1.54, 1.807) is 18.2 Å². The number of aromatic nitrogens is 4. The molecule has 1 amide bonds. The first-order chi connectivity index (χ1) is 9.26. The van der Waals surface area contributed by atoms with Gasteiger partial charge in [0.15, 0.2) is 17.3 Å². The molecule has 0 saturated heterocycles. The maximum absolute atomic E-state index is 12.1. The molecule has 2 aromatic rings. The van der Waals surface area contributed by atoms with Gasteiger partial charge in [-0.25, -0.2) is 0 Å². The molecule has 1 aromatic heterocycles. The van der Waals surface area contributed by atoms with Crippen molar-refractivity contribution in [2.24, 2.45) is 0 Å². The molecule has 0 fully saturated rings. The summed E-state index contributed by atoms with van der Waals surface area (Å²) < 4.78 is 10.3. The van der Waals surface area contributed by atoms with Crippen LogP contribution in [0.5, 0.6) is 11.5 Å². The summed E-state index contributed by atoms with van der Waals surface area (Å²) >= 11 is 0. The van der Waals surface area contributed by atoms with Crippen LogP contribution >= 0.6 is 0 Å². The highest BCUT2D eigenvalue weighted by molar-refractivity contribution is 5.97. The minimum atomic E-state index is -0.305. The first kappa shape index (κ1) is 12.8. The second-order valence-corrected chi connectivity index (χ2v) is 3.55. The number of tetrazole rings is 1. The Labute approximate surface area is 109 Å². The monoisotopic (exact) mass is 263 g/mol. The quantitative estimate of drug-likeness (QED) is 0.796. The molecule has 0 unspecified atom stereocenters. The van der Waals surface area contributed by atoms with Crippen molar-refractivity contribution < 1.29 is 14.3 Å². The number of nitrogens with one attached hydrogen (secondary N) is 2. The van der Waals surface area contributed by atoms with Gasteiger partial charge < -0.3 is 14.8 Å². The number of rotatable bonds is 5. The third-order valence-corrected chi connectivity index (χ3v) is 2.44. The van der Waals surface area contributed by atoms with Gasteiger partial charge in [-0.05, 0) is 12.1 Å². The molecular formula is C11H13N5O3. The summed E-state index contributed by atoms with van der Waals surface area (Å²) in [7, 11) is 2.99. The number of benzene rings is 1. The van der Waals surface area contributed by atoms with Crippen molar-refractivity contribution in [3.8, 4) is 11.5 Å². The van der Waals surface area contributed by atoms with Crippen LogP contribution in [0, 0.1) is 0 Å². The van der Waals surface area contributed by atoms with Crippen LogP contribution in [0.15, 0.2) is 18.2 Å². The lowest BCUT2D eigenvalue weighted by molar-refractivity contribution is 0.0946. The number of hydrogen-bond donors (Lipinski definition) is 2. The maximum atomic E-state index is 12.1. The number of para-hydroxylation sites is 1. The first-order valence-electron chi connectivity index (χ1n) is 5.47. The lowest BCUT2D eigenvalue weighted by atomic mass is 10.1. The Morgan fingerprint density at radius 2 is 2.21 bits per heavy atom. The summed E-state index contributed by atoms with van der Waals surface area (Å²) in [5.41, 5.74) is 0.380. The van der Waals surface area contributed by atoms with Gasteiger partial charge in [0.1, 0.15) is 0 Å². The summed E-state index contributed by atoms with van der Waals surface area (Å²) in [5, 5.41) is 15.9. The minimum Gasteiger partial charge on any atom is -0.493 e. The van der Waals surface area contributed by atoms with Crippen LogP contribution in [0.25, 0.3) is 0 Å². The Balaban J connectivity index is 2.14. The van der Waals surface area contributed by atoms with Gasteiger partial charge in [0.25, 0.3) is 5.91 Å². The van der Waals surface area contributed by atoms with Crippen molar-refractivity contribution in [1.82, 2.24) is 25.9 Å². The number of ether oxygens (including phenoxy) is 2. The molecule has 0 radical (unpaired) electrons. The van der Waals surface area contributed by atoms with Crippen molar-refractivity contribution in [3.63, 3.8) is 0 Å². The molecular weight excluding hydrogens is 250 g/mol. The number of H-pyrrole nitrogens is 1. The Hall–Kier alpha value is -2.64. The fourth-order valence-electron chi connectivity index (χ4n) is 1.58. The van der Waals surface area contributed by atoms with Gasteiger partial charge in [0.2, 0.25) is 0 Å². The summed E-state index contributed by atoms with van der Waals surface area (Å²) in [6.07, 6.45) is 0. The molecule has 0 aliphatic rings. The number of hydrogen-bond acceptors (Lipinski definition) is 6. The molecule has 2 N–H and O–H groups in total. The molecule has 100 valence electrons. The smallest absolute Gasteiger partial charge is 0.255 e. The predicted octanol–water partition coefficient (Wildman–Crippen LogP) is 0.147. The predicted molar refractivity (Wildman–Crippen MR) is 64.9 cm³/mol. The summed E-state index contributed by atoms with van der Waals surface area (Å²) in [6.45, 7) is 0.176. The van der Waals surface area contributed by atoms with Gasteiger partial charge in [0, 0.05) is 0 Å². The number of nitrogens with zero attached hydrogens (tertiary/aromatic N) is 3. The largest absolute Gasteiger partial charge is 0.493 e. The third kappa shape index (κ3) is 2.79. The van der Waals surface area contributed by atoms with Crippen LogP contribution in [0.1, 0.15) is 16.2 Å². The van der Waals surface area contributed by atoms with E-state index in [0.717, 1.165) is 0 Å². The third-order valence-electron chi connectivity index (χ3n) is 2.44. The van der Waals surface area contributed by atoms with Gasteiger partial charge >= 0.3 is 0 Å². The number of carbonyl (C=O) groups excluding carboxylic acids is 1. The highest BCUT2D eigenvalue weighted by atomic mass is 16.5. The van der Waals surface area contributed by atoms with E-state index in [4.69, 9.17) is 9.47 Å². The first-order valence-corrected chi connectivity index (χ1v) is 5.47. The van der Waals surface area contributed by atoms with Crippen LogP contribution in [0.2, 0.25) is 0 Å². The molecule has 8 heteroatoms. The fraction of sp³-hybridized carbons (Fsp3) is 0.273. The van der Waals surface area contributed by atoms with E-state index in [-0.39, 0.29) is 12.5 Å². The molecule has 8 nitrogen and oxygen atoms in total. The zero-order valence-corrected chi connectivity index (χ0v) is 10.5. The standard InChI is InChI=1S/C11H13N5O3/c1-18-8-5-3-4-7(10(8)19-2)11(17)12-6-9-13-15-16-14-9/h3-5H,6H2,1-2H3,(H,12,17)(H,13,14,15,16). The van der Waals surface area contributed by atoms with Gasteiger partial charge in [-0.1, -0.05) is 11.3 Å². The van der Waals surface area contributed by atoms with Gasteiger partial charge in [-0.2, -0.15) is 5.21 Å². The molecule has 0 atom stereocenters. The molecule has 2 rings (SSSR count). The van der Waals surface area contributed by atoms with Crippen LogP contribution in [-0.2, 0) is 6.54 Å². The second-order valence-electron chi connectivity index (χ2n) is 3.55. The van der Waals surface area contributed by atoms with Crippen molar-refractivity contribution in [2.75, 3.05) is 14.2 Å². The zero-order valence-electron chi connectivity index (χ0n) is 10.5. The van der Waals surface area contributed by atoms with E-state index in [0.29, 0.717) is 22.9 Å². The Bertz CT molecular complexity index is 555. The average Bonchev–Trinajstić information content (AvgIpc) is 2.97. The molecule has 0 saturated carbocycles. The number of amides is 1. The van der Waals surface area contributed by atoms with Gasteiger partial charge in [-0.3, -0.25) is 4.79 Å². The topological polar surface area (TPSA) is 102 Å². The lowest BCUT2D eigenvalue weighted by Gasteiger charge is -2.11. The van der Waals surface area contributed by atoms with Crippen molar-refractivity contribution in [1.29, 1.82) is 0 Å². The zero-order chi connectivity index (χ0) is 13.7. The van der Waals surface area contributed by atoms with E-state index in [9.17, 15) is 4.79 Å². The van der Waals surface area contributed by atoms with E-state index in [1.165, 1.54) is 14.2 Å². The number of aromatic amines is 1. The molecule has 0 aliphatic carbocycles. The molecule has 0 spiro atoms. The normalized spacial score (nSPS) is 10.0. The van der Waals surface area contributed by atoms with Crippen LogP contribution < -0.4 is 14.8 Å². The van der Waals surface area contributed by atoms with Gasteiger partial charge in [0.05, 0.1) is 26.3 Å². The van der Waals surface area contributed by atoms with Crippen LogP contribution in [0.3, 0.4) is 0 Å². The van der Waals surface area contributed by atoms with E-state index in [2.05, 4.69) is 25.9 Å². The Morgan fingerprint density at radius 1 is 1.37 bits per heavy atom. The SMILES string of the molecule is COc1cccc(C(=O)NCc2nn[nH]n2)c1OC. The van der Waals surface area contributed by atoms with Crippen molar-refractivity contribution in [2.45, 2.75) is 6.54 Å². The van der Waals surface area contributed by atoms with Crippen LogP contribution in [0.4, 0.5) is 0 Å². The molecule has 1 aromatic carbocycles. The Kier molecular flexibility index (Phi) is 3.91. The summed E-state index contributed by atoms with van der Waals surface area (Å²) in [4.78, 5) is 12.1. The molecule has 0 aliphatic heterocycles.